The zero-order valence-corrected chi connectivity index (χ0v) is 16.5. The number of nitrogens with zero attached hydrogens (tertiary/aromatic N) is 5. The second kappa shape index (κ2) is 8.43. The Morgan fingerprint density at radius 1 is 1.19 bits per heavy atom. The molecule has 2 aromatic rings. The summed E-state index contributed by atoms with van der Waals surface area (Å²) >= 11 is 0. The van der Waals surface area contributed by atoms with Crippen molar-refractivity contribution in [3.8, 4) is 11.8 Å². The molecule has 0 aliphatic carbocycles. The molecule has 11 nitrogen and oxygen atoms in total. The van der Waals surface area contributed by atoms with Crippen molar-refractivity contribution < 1.29 is 37.1 Å². The van der Waals surface area contributed by atoms with Crippen LogP contribution in [0.5, 0.6) is 11.8 Å². The number of piperazine rings is 1. The lowest BCUT2D eigenvalue weighted by Crippen LogP contribution is -2.50. The van der Waals surface area contributed by atoms with Gasteiger partial charge in [-0.05, 0) is 29.2 Å². The third-order valence-electron chi connectivity index (χ3n) is 4.95. The number of alkyl halides is 3. The van der Waals surface area contributed by atoms with E-state index in [0.29, 0.717) is 31.9 Å². The van der Waals surface area contributed by atoms with E-state index >= 15 is 0 Å². The number of benzene rings is 1. The number of carbonyl (C=O) groups is 1. The van der Waals surface area contributed by atoms with Crippen LogP contribution in [0, 0.1) is 10.1 Å². The van der Waals surface area contributed by atoms with Crippen molar-refractivity contribution in [1.82, 2.24) is 14.5 Å². The highest BCUT2D eigenvalue weighted by molar-refractivity contribution is 5.68. The van der Waals surface area contributed by atoms with E-state index in [9.17, 15) is 28.1 Å². The number of rotatable bonds is 4. The summed E-state index contributed by atoms with van der Waals surface area (Å²) < 4.78 is 52.9. The molecule has 1 aromatic carbocycles. The minimum Gasteiger partial charge on any atom is -0.442 e. The van der Waals surface area contributed by atoms with Gasteiger partial charge in [0.1, 0.15) is 18.6 Å². The Hall–Kier alpha value is -3.71. The summed E-state index contributed by atoms with van der Waals surface area (Å²) in [6, 6.07) is 5.62. The molecule has 1 atom stereocenters. The van der Waals surface area contributed by atoms with Crippen molar-refractivity contribution >= 4 is 17.6 Å². The maximum atomic E-state index is 12.5. The van der Waals surface area contributed by atoms with Crippen molar-refractivity contribution in [2.45, 2.75) is 19.0 Å². The van der Waals surface area contributed by atoms with Crippen LogP contribution in [0.4, 0.5) is 29.5 Å². The van der Waals surface area contributed by atoms with Gasteiger partial charge in [0.05, 0.1) is 6.54 Å². The Labute approximate surface area is 179 Å². The van der Waals surface area contributed by atoms with Crippen LogP contribution in [-0.4, -0.2) is 70.7 Å². The number of carbonyl (C=O) groups excluding carboxylic acids is 1. The van der Waals surface area contributed by atoms with E-state index in [0.717, 1.165) is 0 Å². The molecule has 0 bridgehead atoms. The van der Waals surface area contributed by atoms with Gasteiger partial charge in [-0.2, -0.15) is 0 Å². The first-order chi connectivity index (χ1) is 15.2. The largest absolute Gasteiger partial charge is 0.573 e. The number of anilines is 1. The summed E-state index contributed by atoms with van der Waals surface area (Å²) in [5.74, 6) is -0.648. The lowest BCUT2D eigenvalue weighted by Gasteiger charge is -2.36. The normalized spacial score (nSPS) is 18.5. The molecule has 2 aliphatic rings. The van der Waals surface area contributed by atoms with Crippen LogP contribution in [0.3, 0.4) is 0 Å². The van der Waals surface area contributed by atoms with Gasteiger partial charge in [-0.15, -0.1) is 13.2 Å². The molecule has 1 aromatic heterocycles. The Morgan fingerprint density at radius 3 is 2.50 bits per heavy atom. The first kappa shape index (κ1) is 21.5. The number of ether oxygens (including phenoxy) is 3. The fourth-order valence-corrected chi connectivity index (χ4v) is 3.45. The van der Waals surface area contributed by atoms with Gasteiger partial charge in [0.15, 0.2) is 6.10 Å². The maximum absolute atomic E-state index is 12.5. The predicted molar refractivity (Wildman–Crippen MR) is 102 cm³/mol. The number of hydrogen-bond acceptors (Lipinski definition) is 8. The molecule has 4 rings (SSSR count). The number of nitro groups is 1. The number of hydrogen-bond donors (Lipinski definition) is 0. The van der Waals surface area contributed by atoms with Crippen molar-refractivity contribution in [2.75, 3.05) is 37.7 Å². The fourth-order valence-electron chi connectivity index (χ4n) is 3.45. The molecule has 1 saturated heterocycles. The Bertz CT molecular complexity index is 988. The molecule has 0 unspecified atom stereocenters. The molecule has 1 fully saturated rings. The Kier molecular flexibility index (Phi) is 5.67. The molecular formula is C18H18F3N5O6. The standard InChI is InChI=1S/C18H18F3N5O6/c19-18(20,21)32-13-3-1-12(2-4-13)23-5-7-24(8-6-23)17(27)31-14-9-25-10-15(26(28)29)22-16(25)30-11-14/h1-4,10,14H,5-9,11H2/t14-/m0/s1. The van der Waals surface area contributed by atoms with Crippen LogP contribution in [0.2, 0.25) is 0 Å². The van der Waals surface area contributed by atoms with Crippen LogP contribution in [0.15, 0.2) is 30.5 Å². The van der Waals surface area contributed by atoms with E-state index in [1.165, 1.54) is 39.9 Å². The molecule has 14 heteroatoms. The SMILES string of the molecule is O=C(O[C@@H]1COc2nc([N+](=O)[O-])cn2C1)N1CCN(c2ccc(OC(F)(F)F)cc2)CC1. The van der Waals surface area contributed by atoms with Gasteiger partial charge in [-0.25, -0.2) is 4.79 Å². The van der Waals surface area contributed by atoms with E-state index in [1.54, 1.807) is 0 Å². The number of fused-ring (bicyclic) bond motifs is 1. The smallest absolute Gasteiger partial charge is 0.442 e. The Balaban J connectivity index is 1.27. The van der Waals surface area contributed by atoms with Gasteiger partial charge in [0, 0.05) is 36.9 Å². The predicted octanol–water partition coefficient (Wildman–Crippen LogP) is 2.41. The highest BCUT2D eigenvalue weighted by Gasteiger charge is 2.32. The lowest BCUT2D eigenvalue weighted by atomic mass is 10.2. The first-order valence-corrected chi connectivity index (χ1v) is 9.58. The van der Waals surface area contributed by atoms with Crippen LogP contribution >= 0.6 is 0 Å². The first-order valence-electron chi connectivity index (χ1n) is 9.58. The number of amides is 1. The lowest BCUT2D eigenvalue weighted by molar-refractivity contribution is -0.389. The molecule has 0 radical (unpaired) electrons. The third kappa shape index (κ3) is 4.95. The molecule has 0 N–H and O–H groups in total. The molecule has 1 amide bonds. The van der Waals surface area contributed by atoms with Crippen molar-refractivity contribution in [3.05, 3.63) is 40.6 Å². The number of halogens is 3. The Morgan fingerprint density at radius 2 is 1.88 bits per heavy atom. The zero-order valence-electron chi connectivity index (χ0n) is 16.5. The third-order valence-corrected chi connectivity index (χ3v) is 4.95. The van der Waals surface area contributed by atoms with Gasteiger partial charge in [-0.1, -0.05) is 0 Å². The highest BCUT2D eigenvalue weighted by Crippen LogP contribution is 2.26. The summed E-state index contributed by atoms with van der Waals surface area (Å²) in [6.07, 6.45) is -4.68. The minimum atomic E-state index is -4.75. The summed E-state index contributed by atoms with van der Waals surface area (Å²) in [5.41, 5.74) is 0.711. The zero-order chi connectivity index (χ0) is 22.9. The van der Waals surface area contributed by atoms with Crippen LogP contribution in [-0.2, 0) is 11.3 Å². The summed E-state index contributed by atoms with van der Waals surface area (Å²) in [7, 11) is 0. The number of aromatic nitrogens is 2. The van der Waals surface area contributed by atoms with Gasteiger partial charge < -0.3 is 34.1 Å². The molecule has 0 spiro atoms. The molecule has 3 heterocycles. The highest BCUT2D eigenvalue weighted by atomic mass is 19.4. The topological polar surface area (TPSA) is 112 Å². The van der Waals surface area contributed by atoms with Crippen molar-refractivity contribution in [1.29, 1.82) is 0 Å². The number of imidazole rings is 1. The van der Waals surface area contributed by atoms with Crippen LogP contribution in [0.25, 0.3) is 0 Å². The summed E-state index contributed by atoms with van der Waals surface area (Å²) in [6.45, 7) is 1.87. The van der Waals surface area contributed by atoms with Crippen LogP contribution < -0.4 is 14.4 Å². The molecular weight excluding hydrogens is 439 g/mol. The van der Waals surface area contributed by atoms with Crippen molar-refractivity contribution in [3.63, 3.8) is 0 Å². The minimum absolute atomic E-state index is 0.0339. The monoisotopic (exact) mass is 457 g/mol. The van der Waals surface area contributed by atoms with Gasteiger partial charge in [0.25, 0.3) is 0 Å². The van der Waals surface area contributed by atoms with Gasteiger partial charge in [-0.3, -0.25) is 4.57 Å². The summed E-state index contributed by atoms with van der Waals surface area (Å²) in [5, 5.41) is 10.8. The average Bonchev–Trinajstić information content (AvgIpc) is 3.17. The second-order valence-electron chi connectivity index (χ2n) is 7.12. The quantitative estimate of drug-likeness (QED) is 0.508. The van der Waals surface area contributed by atoms with E-state index < -0.39 is 23.5 Å². The van der Waals surface area contributed by atoms with E-state index in [2.05, 4.69) is 9.72 Å². The van der Waals surface area contributed by atoms with Crippen LogP contribution in [0.1, 0.15) is 0 Å². The van der Waals surface area contributed by atoms with E-state index in [1.807, 2.05) is 4.90 Å². The molecule has 2 aliphatic heterocycles. The van der Waals surface area contributed by atoms with Crippen molar-refractivity contribution in [2.24, 2.45) is 0 Å². The second-order valence-corrected chi connectivity index (χ2v) is 7.12. The molecule has 172 valence electrons. The van der Waals surface area contributed by atoms with E-state index in [-0.39, 0.29) is 30.7 Å². The summed E-state index contributed by atoms with van der Waals surface area (Å²) in [4.78, 5) is 29.9. The average molecular weight is 457 g/mol. The molecule has 32 heavy (non-hydrogen) atoms. The van der Waals surface area contributed by atoms with Gasteiger partial charge in [0.2, 0.25) is 0 Å². The fraction of sp³-hybridized carbons (Fsp3) is 0.444. The maximum Gasteiger partial charge on any atom is 0.573 e. The van der Waals surface area contributed by atoms with Gasteiger partial charge >= 0.3 is 24.3 Å². The van der Waals surface area contributed by atoms with E-state index in [4.69, 9.17) is 9.47 Å². The molecule has 0 saturated carbocycles.